The molecular weight excluding hydrogens is 467 g/mol. The molecule has 0 bridgehead atoms. The van der Waals surface area contributed by atoms with Crippen molar-refractivity contribution < 1.29 is 9.84 Å². The average Bonchev–Trinajstić information content (AvgIpc) is 3.19. The van der Waals surface area contributed by atoms with Gasteiger partial charge < -0.3 is 20.5 Å². The molecule has 0 spiro atoms. The van der Waals surface area contributed by atoms with Gasteiger partial charge >= 0.3 is 0 Å². The van der Waals surface area contributed by atoms with Crippen LogP contribution in [0.1, 0.15) is 50.6 Å². The third-order valence-electron chi connectivity index (χ3n) is 5.70. The Morgan fingerprint density at radius 2 is 1.93 bits per heavy atom. The number of guanidine groups is 1. The lowest BCUT2D eigenvalue weighted by molar-refractivity contribution is -0.0236. The molecule has 1 heterocycles. The molecule has 1 aliphatic carbocycles. The third-order valence-corrected chi connectivity index (χ3v) is 5.70. The zero-order valence-electron chi connectivity index (χ0n) is 17.1. The number of nitrogens with one attached hydrogen (secondary N) is 2. The molecule has 3 rings (SSSR count). The quantitative estimate of drug-likeness (QED) is 0.290. The molecule has 1 saturated heterocycles. The predicted octanol–water partition coefficient (Wildman–Crippen LogP) is 2.92. The van der Waals surface area contributed by atoms with Gasteiger partial charge in [0, 0.05) is 18.7 Å². The second kappa shape index (κ2) is 11.2. The second-order valence-corrected chi connectivity index (χ2v) is 7.65. The number of hydrogen-bond donors (Lipinski definition) is 3. The monoisotopic (exact) mass is 502 g/mol. The standard InChI is InChI=1S/C21H34N4O2.HI/c1-3-22-20(24-16-21(26)11-8-12-21)23-15-18(25-13-6-7-14-25)17-9-4-5-10-19(17)27-2;/h4-5,9-10,18,26H,3,6-8,11-16H2,1-2H3,(H2,22,23,24);1H. The molecule has 3 N–H and O–H groups in total. The maximum atomic E-state index is 10.3. The van der Waals surface area contributed by atoms with Gasteiger partial charge in [0.25, 0.3) is 0 Å². The van der Waals surface area contributed by atoms with Crippen molar-refractivity contribution in [2.45, 2.75) is 50.7 Å². The Kier molecular flexibility index (Phi) is 9.30. The van der Waals surface area contributed by atoms with Gasteiger partial charge in [-0.1, -0.05) is 18.2 Å². The van der Waals surface area contributed by atoms with Gasteiger partial charge in [-0.05, 0) is 58.2 Å². The van der Waals surface area contributed by atoms with Crippen molar-refractivity contribution in [3.05, 3.63) is 29.8 Å². The fourth-order valence-electron chi connectivity index (χ4n) is 3.94. The summed E-state index contributed by atoms with van der Waals surface area (Å²) in [5.41, 5.74) is 0.613. The third kappa shape index (κ3) is 5.97. The van der Waals surface area contributed by atoms with Crippen LogP contribution in [-0.2, 0) is 0 Å². The number of halogens is 1. The van der Waals surface area contributed by atoms with Gasteiger partial charge in [0.15, 0.2) is 5.96 Å². The first-order chi connectivity index (χ1) is 13.1. The summed E-state index contributed by atoms with van der Waals surface area (Å²) >= 11 is 0. The highest BCUT2D eigenvalue weighted by molar-refractivity contribution is 14.0. The molecule has 6 nitrogen and oxygen atoms in total. The van der Waals surface area contributed by atoms with Crippen LogP contribution in [0.25, 0.3) is 0 Å². The van der Waals surface area contributed by atoms with Crippen LogP contribution in [0.15, 0.2) is 29.3 Å². The molecule has 1 unspecified atom stereocenters. The van der Waals surface area contributed by atoms with Crippen LogP contribution >= 0.6 is 24.0 Å². The lowest BCUT2D eigenvalue weighted by Crippen LogP contribution is -2.45. The van der Waals surface area contributed by atoms with E-state index in [1.807, 2.05) is 12.1 Å². The normalized spacial score (nSPS) is 20.0. The minimum absolute atomic E-state index is 0. The van der Waals surface area contributed by atoms with E-state index in [1.165, 1.54) is 18.4 Å². The van der Waals surface area contributed by atoms with Gasteiger partial charge in [-0.2, -0.15) is 0 Å². The number of nitrogens with zero attached hydrogens (tertiary/aromatic N) is 2. The van der Waals surface area contributed by atoms with Gasteiger partial charge in [0.1, 0.15) is 5.75 Å². The summed E-state index contributed by atoms with van der Waals surface area (Å²) in [6, 6.07) is 8.52. The zero-order chi connectivity index (χ0) is 19.1. The average molecular weight is 502 g/mol. The molecule has 0 aromatic heterocycles. The van der Waals surface area contributed by atoms with Gasteiger partial charge in [-0.15, -0.1) is 24.0 Å². The van der Waals surface area contributed by atoms with Crippen molar-refractivity contribution in [3.8, 4) is 5.75 Å². The van der Waals surface area contributed by atoms with Crippen molar-refractivity contribution in [1.82, 2.24) is 15.5 Å². The van der Waals surface area contributed by atoms with E-state index < -0.39 is 5.60 Å². The maximum absolute atomic E-state index is 10.3. The summed E-state index contributed by atoms with van der Waals surface area (Å²) in [5, 5.41) is 17.1. The van der Waals surface area contributed by atoms with Crippen molar-refractivity contribution in [2.24, 2.45) is 4.99 Å². The molecule has 7 heteroatoms. The minimum Gasteiger partial charge on any atom is -0.496 e. The van der Waals surface area contributed by atoms with Crippen LogP contribution < -0.4 is 15.4 Å². The van der Waals surface area contributed by atoms with Crippen LogP contribution in [0.5, 0.6) is 5.75 Å². The van der Waals surface area contributed by atoms with Crippen LogP contribution in [0.4, 0.5) is 0 Å². The highest BCUT2D eigenvalue weighted by atomic mass is 127. The lowest BCUT2D eigenvalue weighted by atomic mass is 9.80. The zero-order valence-corrected chi connectivity index (χ0v) is 19.4. The summed E-state index contributed by atoms with van der Waals surface area (Å²) < 4.78 is 5.62. The van der Waals surface area contributed by atoms with Gasteiger partial charge in [0.2, 0.25) is 0 Å². The molecule has 0 radical (unpaired) electrons. The Balaban J connectivity index is 0.00000280. The number of likely N-dealkylation sites (tertiary alicyclic amines) is 1. The summed E-state index contributed by atoms with van der Waals surface area (Å²) in [4.78, 5) is 7.16. The number of hydrogen-bond acceptors (Lipinski definition) is 4. The van der Waals surface area contributed by atoms with E-state index in [-0.39, 0.29) is 30.0 Å². The van der Waals surface area contributed by atoms with E-state index in [2.05, 4.69) is 39.6 Å². The molecule has 2 aliphatic rings. The number of para-hydroxylation sites is 1. The first kappa shape index (κ1) is 23.2. The molecule has 1 aromatic carbocycles. The summed E-state index contributed by atoms with van der Waals surface area (Å²) in [5.74, 6) is 1.71. The van der Waals surface area contributed by atoms with Crippen LogP contribution in [0, 0.1) is 0 Å². The van der Waals surface area contributed by atoms with Crippen molar-refractivity contribution in [2.75, 3.05) is 39.8 Å². The largest absolute Gasteiger partial charge is 0.496 e. The molecule has 1 aromatic rings. The summed E-state index contributed by atoms with van der Waals surface area (Å²) in [6.45, 7) is 6.30. The Bertz CT molecular complexity index is 631. The first-order valence-corrected chi connectivity index (χ1v) is 10.3. The van der Waals surface area contributed by atoms with Gasteiger partial charge in [0.05, 0.1) is 25.3 Å². The summed E-state index contributed by atoms with van der Waals surface area (Å²) in [6.07, 6.45) is 5.29. The van der Waals surface area contributed by atoms with Crippen LogP contribution in [0.3, 0.4) is 0 Å². The molecule has 1 saturated carbocycles. The van der Waals surface area contributed by atoms with Crippen molar-refractivity contribution in [3.63, 3.8) is 0 Å². The van der Waals surface area contributed by atoms with Crippen LogP contribution in [0.2, 0.25) is 0 Å². The smallest absolute Gasteiger partial charge is 0.191 e. The van der Waals surface area contributed by atoms with Crippen molar-refractivity contribution >= 4 is 29.9 Å². The molecule has 158 valence electrons. The van der Waals surface area contributed by atoms with E-state index in [1.54, 1.807) is 7.11 Å². The van der Waals surface area contributed by atoms with Gasteiger partial charge in [-0.25, -0.2) is 0 Å². The molecular formula is C21H35IN4O2. The molecule has 28 heavy (non-hydrogen) atoms. The highest BCUT2D eigenvalue weighted by Crippen LogP contribution is 2.32. The molecule has 1 atom stereocenters. The lowest BCUT2D eigenvalue weighted by Gasteiger charge is -2.35. The van der Waals surface area contributed by atoms with E-state index in [4.69, 9.17) is 4.74 Å². The van der Waals surface area contributed by atoms with E-state index in [0.29, 0.717) is 6.54 Å². The number of aliphatic imine (C=N–C) groups is 1. The van der Waals surface area contributed by atoms with E-state index >= 15 is 0 Å². The van der Waals surface area contributed by atoms with Gasteiger partial charge in [-0.3, -0.25) is 9.89 Å². The minimum atomic E-state index is -0.598. The molecule has 1 aliphatic heterocycles. The Morgan fingerprint density at radius 3 is 2.54 bits per heavy atom. The van der Waals surface area contributed by atoms with E-state index in [0.717, 1.165) is 57.2 Å². The summed E-state index contributed by atoms with van der Waals surface area (Å²) in [7, 11) is 1.73. The highest BCUT2D eigenvalue weighted by Gasteiger charge is 2.34. The van der Waals surface area contributed by atoms with Crippen LogP contribution in [-0.4, -0.2) is 61.4 Å². The number of benzene rings is 1. The molecule has 2 fully saturated rings. The second-order valence-electron chi connectivity index (χ2n) is 7.65. The van der Waals surface area contributed by atoms with Crippen molar-refractivity contribution in [1.29, 1.82) is 0 Å². The SMILES string of the molecule is CCNC(=NCC1(O)CCC1)NCC(c1ccccc1OC)N1CCCC1.I. The number of aliphatic hydroxyl groups is 1. The number of rotatable bonds is 8. The fraction of sp³-hybridized carbons (Fsp3) is 0.667. The number of ether oxygens (including phenoxy) is 1. The number of methoxy groups -OCH3 is 1. The predicted molar refractivity (Wildman–Crippen MR) is 125 cm³/mol. The molecule has 0 amide bonds. The topological polar surface area (TPSA) is 69.1 Å². The Morgan fingerprint density at radius 1 is 1.21 bits per heavy atom. The maximum Gasteiger partial charge on any atom is 0.191 e. The first-order valence-electron chi connectivity index (χ1n) is 10.3. The Hall–Kier alpha value is -1.06. The van der Waals surface area contributed by atoms with E-state index in [9.17, 15) is 5.11 Å². The fourth-order valence-corrected chi connectivity index (χ4v) is 3.94. The Labute approximate surface area is 186 Å².